The second kappa shape index (κ2) is 4.34. The predicted molar refractivity (Wildman–Crippen MR) is 72.2 cm³/mol. The van der Waals surface area contributed by atoms with Crippen LogP contribution in [0.5, 0.6) is 0 Å². The van der Waals surface area contributed by atoms with Crippen LogP contribution in [0, 0.1) is 6.92 Å². The summed E-state index contributed by atoms with van der Waals surface area (Å²) in [4.78, 5) is 7.25. The highest BCUT2D eigenvalue weighted by Gasteiger charge is 2.22. The fourth-order valence-corrected chi connectivity index (χ4v) is 3.00. The van der Waals surface area contributed by atoms with Crippen molar-refractivity contribution in [2.45, 2.75) is 39.2 Å². The zero-order valence-corrected chi connectivity index (χ0v) is 10.9. The molecule has 2 aliphatic rings. The molecule has 0 bridgehead atoms. The second-order valence-corrected chi connectivity index (χ2v) is 5.42. The first kappa shape index (κ1) is 11.1. The van der Waals surface area contributed by atoms with E-state index in [9.17, 15) is 0 Å². The third kappa shape index (κ3) is 2.06. The van der Waals surface area contributed by atoms with E-state index in [0.717, 1.165) is 30.2 Å². The van der Waals surface area contributed by atoms with E-state index in [-0.39, 0.29) is 0 Å². The molecule has 2 aliphatic heterocycles. The van der Waals surface area contributed by atoms with E-state index in [1.54, 1.807) is 0 Å². The average molecular weight is 249 g/mol. The summed E-state index contributed by atoms with van der Waals surface area (Å²) in [5.74, 6) is 1.26. The number of rotatable bonds is 0. The molecule has 1 aromatic rings. The third-order valence-electron chi connectivity index (χ3n) is 3.71. The Morgan fingerprint density at radius 1 is 1.24 bits per heavy atom. The molecule has 0 aliphatic carbocycles. The minimum Gasteiger partial charge on any atom is -0.356 e. The summed E-state index contributed by atoms with van der Waals surface area (Å²) in [5.41, 5.74) is 3.70. The van der Waals surface area contributed by atoms with Gasteiger partial charge in [-0.3, -0.25) is 0 Å². The maximum absolute atomic E-state index is 6.11. The normalized spacial score (nSPS) is 19.2. The van der Waals surface area contributed by atoms with E-state index in [0.29, 0.717) is 0 Å². The van der Waals surface area contributed by atoms with Crippen LogP contribution >= 0.6 is 11.6 Å². The largest absolute Gasteiger partial charge is 0.356 e. The van der Waals surface area contributed by atoms with Gasteiger partial charge in [-0.15, -0.1) is 0 Å². The Morgan fingerprint density at radius 3 is 3.00 bits per heavy atom. The molecule has 0 radical (unpaired) electrons. The van der Waals surface area contributed by atoms with Gasteiger partial charge in [0, 0.05) is 30.1 Å². The van der Waals surface area contributed by atoms with Crippen LogP contribution in [0.2, 0.25) is 5.02 Å². The monoisotopic (exact) mass is 248 g/mol. The first-order valence-electron chi connectivity index (χ1n) is 6.35. The van der Waals surface area contributed by atoms with E-state index in [4.69, 9.17) is 16.6 Å². The first-order chi connectivity index (χ1) is 8.24. The van der Waals surface area contributed by atoms with Crippen LogP contribution in [0.25, 0.3) is 0 Å². The van der Waals surface area contributed by atoms with E-state index in [2.05, 4.69) is 11.8 Å². The van der Waals surface area contributed by atoms with Gasteiger partial charge in [0.25, 0.3) is 0 Å². The van der Waals surface area contributed by atoms with Gasteiger partial charge in [-0.1, -0.05) is 18.0 Å². The molecule has 0 spiro atoms. The van der Waals surface area contributed by atoms with Gasteiger partial charge in [-0.2, -0.15) is 0 Å². The number of hydrogen-bond acceptors (Lipinski definition) is 2. The molecule has 2 heterocycles. The molecule has 0 amide bonds. The number of benzene rings is 1. The Morgan fingerprint density at radius 2 is 2.12 bits per heavy atom. The smallest absolute Gasteiger partial charge is 0.105 e. The summed E-state index contributed by atoms with van der Waals surface area (Å²) in [6.07, 6.45) is 5.00. The quantitative estimate of drug-likeness (QED) is 0.676. The van der Waals surface area contributed by atoms with Crippen molar-refractivity contribution in [3.8, 4) is 0 Å². The van der Waals surface area contributed by atoms with Crippen molar-refractivity contribution < 1.29 is 0 Å². The summed E-state index contributed by atoms with van der Waals surface area (Å²) in [7, 11) is 0. The van der Waals surface area contributed by atoms with Gasteiger partial charge in [0.1, 0.15) is 5.84 Å². The Bertz CT molecular complexity index is 479. The van der Waals surface area contributed by atoms with Crippen LogP contribution in [0.3, 0.4) is 0 Å². The molecule has 0 N–H and O–H groups in total. The van der Waals surface area contributed by atoms with Gasteiger partial charge in [0.2, 0.25) is 0 Å². The molecule has 0 aromatic heterocycles. The lowest BCUT2D eigenvalue weighted by atomic mass is 10.0. The van der Waals surface area contributed by atoms with E-state index in [1.807, 2.05) is 12.1 Å². The zero-order chi connectivity index (χ0) is 11.8. The summed E-state index contributed by atoms with van der Waals surface area (Å²) in [6, 6.07) is 4.04. The molecule has 2 nitrogen and oxygen atoms in total. The third-order valence-corrected chi connectivity index (χ3v) is 3.92. The fourth-order valence-electron chi connectivity index (χ4n) is 2.74. The van der Waals surface area contributed by atoms with E-state index in [1.165, 1.54) is 36.2 Å². The number of amidine groups is 1. The molecule has 1 aromatic carbocycles. The summed E-state index contributed by atoms with van der Waals surface area (Å²) in [6.45, 7) is 4.29. The molecule has 3 heteroatoms. The van der Waals surface area contributed by atoms with Crippen molar-refractivity contribution in [1.82, 2.24) is 4.90 Å². The van der Waals surface area contributed by atoms with Crippen LogP contribution in [0.4, 0.5) is 5.69 Å². The Balaban J connectivity index is 2.05. The molecule has 0 atom stereocenters. The van der Waals surface area contributed by atoms with Gasteiger partial charge in [0.05, 0.1) is 5.69 Å². The topological polar surface area (TPSA) is 15.6 Å². The van der Waals surface area contributed by atoms with Gasteiger partial charge in [-0.05, 0) is 37.5 Å². The Labute approximate surface area is 107 Å². The number of hydrogen-bond donors (Lipinski definition) is 0. The van der Waals surface area contributed by atoms with Crippen molar-refractivity contribution in [2.75, 3.05) is 6.54 Å². The van der Waals surface area contributed by atoms with Crippen molar-refractivity contribution in [3.63, 3.8) is 0 Å². The van der Waals surface area contributed by atoms with Crippen molar-refractivity contribution >= 4 is 23.1 Å². The summed E-state index contributed by atoms with van der Waals surface area (Å²) < 4.78 is 0. The summed E-state index contributed by atoms with van der Waals surface area (Å²) in [5, 5.41) is 0.799. The Kier molecular flexibility index (Phi) is 2.83. The standard InChI is InChI=1S/C14H17ClN2/c1-10-7-11(15)8-13-12(10)9-17-6-4-2-3-5-14(17)16-13/h7-8H,2-6,9H2,1H3. The van der Waals surface area contributed by atoms with Crippen molar-refractivity contribution in [3.05, 3.63) is 28.3 Å². The molecular weight excluding hydrogens is 232 g/mol. The highest BCUT2D eigenvalue weighted by Crippen LogP contribution is 2.33. The fraction of sp³-hybridized carbons (Fsp3) is 0.500. The van der Waals surface area contributed by atoms with Gasteiger partial charge in [0.15, 0.2) is 0 Å². The van der Waals surface area contributed by atoms with Crippen molar-refractivity contribution in [2.24, 2.45) is 4.99 Å². The molecule has 1 fully saturated rings. The molecular formula is C14H17ClN2. The van der Waals surface area contributed by atoms with Gasteiger partial charge in [-0.25, -0.2) is 4.99 Å². The molecule has 0 saturated carbocycles. The van der Waals surface area contributed by atoms with Crippen LogP contribution in [-0.4, -0.2) is 17.3 Å². The van der Waals surface area contributed by atoms with E-state index < -0.39 is 0 Å². The second-order valence-electron chi connectivity index (χ2n) is 4.98. The maximum atomic E-state index is 6.11. The average Bonchev–Trinajstić information content (AvgIpc) is 2.51. The van der Waals surface area contributed by atoms with Crippen LogP contribution in [-0.2, 0) is 6.54 Å². The number of halogens is 1. The molecule has 1 saturated heterocycles. The lowest BCUT2D eigenvalue weighted by molar-refractivity contribution is 0.402. The van der Waals surface area contributed by atoms with Crippen LogP contribution in [0.1, 0.15) is 36.8 Å². The molecule has 0 unspecified atom stereocenters. The van der Waals surface area contributed by atoms with Gasteiger partial charge < -0.3 is 4.90 Å². The van der Waals surface area contributed by atoms with Crippen molar-refractivity contribution in [1.29, 1.82) is 0 Å². The van der Waals surface area contributed by atoms with E-state index >= 15 is 0 Å². The number of nitrogens with zero attached hydrogens (tertiary/aromatic N) is 2. The minimum atomic E-state index is 0.799. The lowest BCUT2D eigenvalue weighted by Gasteiger charge is -2.30. The number of aryl methyl sites for hydroxylation is 1. The first-order valence-corrected chi connectivity index (χ1v) is 6.73. The number of fused-ring (bicyclic) bond motifs is 2. The predicted octanol–water partition coefficient (Wildman–Crippen LogP) is 4.07. The zero-order valence-electron chi connectivity index (χ0n) is 10.2. The lowest BCUT2D eigenvalue weighted by Crippen LogP contribution is -2.32. The molecule has 17 heavy (non-hydrogen) atoms. The van der Waals surface area contributed by atoms with Crippen LogP contribution in [0.15, 0.2) is 17.1 Å². The SMILES string of the molecule is Cc1cc(Cl)cc2c1CN1CCCCCC1=N2. The maximum Gasteiger partial charge on any atom is 0.105 e. The van der Waals surface area contributed by atoms with Gasteiger partial charge >= 0.3 is 0 Å². The highest BCUT2D eigenvalue weighted by molar-refractivity contribution is 6.31. The molecule has 90 valence electrons. The Hall–Kier alpha value is -1.02. The minimum absolute atomic E-state index is 0.799. The highest BCUT2D eigenvalue weighted by atomic mass is 35.5. The summed E-state index contributed by atoms with van der Waals surface area (Å²) >= 11 is 6.11. The van der Waals surface area contributed by atoms with Crippen LogP contribution < -0.4 is 0 Å². The number of aliphatic imine (C=N–C) groups is 1. The molecule has 3 rings (SSSR count).